The number of carbonyl (C=O) groups is 2. The summed E-state index contributed by atoms with van der Waals surface area (Å²) in [5, 5.41) is 11.7. The Bertz CT molecular complexity index is 279. The number of carbonyl (C=O) groups excluding carboxylic acids is 1. The average Bonchev–Trinajstić information content (AvgIpc) is 2.99. The highest BCUT2D eigenvalue weighted by Gasteiger charge is 2.57. The SMILES string of the molecule is O=C(O)C1(C(=O)NC2CCOCC2)CC1. The molecule has 0 atom stereocenters. The number of nitrogens with one attached hydrogen (secondary N) is 1. The summed E-state index contributed by atoms with van der Waals surface area (Å²) < 4.78 is 5.16. The first kappa shape index (κ1) is 10.4. The Morgan fingerprint density at radius 1 is 1.27 bits per heavy atom. The maximum absolute atomic E-state index is 11.7. The second-order valence-corrected chi connectivity index (χ2v) is 4.25. The summed E-state index contributed by atoms with van der Waals surface area (Å²) in [7, 11) is 0. The van der Waals surface area contributed by atoms with E-state index in [0.717, 1.165) is 12.8 Å². The van der Waals surface area contributed by atoms with E-state index in [-0.39, 0.29) is 11.9 Å². The number of hydrogen-bond donors (Lipinski definition) is 2. The molecule has 1 saturated heterocycles. The van der Waals surface area contributed by atoms with Gasteiger partial charge < -0.3 is 15.2 Å². The molecule has 0 aromatic heterocycles. The van der Waals surface area contributed by atoms with Gasteiger partial charge in [-0.05, 0) is 25.7 Å². The zero-order valence-electron chi connectivity index (χ0n) is 8.49. The molecule has 1 amide bonds. The van der Waals surface area contributed by atoms with Crippen LogP contribution < -0.4 is 5.32 Å². The molecule has 1 heterocycles. The molecule has 2 N–H and O–H groups in total. The molecule has 5 heteroatoms. The van der Waals surface area contributed by atoms with E-state index in [9.17, 15) is 9.59 Å². The van der Waals surface area contributed by atoms with Crippen LogP contribution in [0.2, 0.25) is 0 Å². The molecule has 0 spiro atoms. The molecular formula is C10H15NO4. The number of ether oxygens (including phenoxy) is 1. The molecule has 0 aromatic carbocycles. The van der Waals surface area contributed by atoms with Crippen molar-refractivity contribution in [2.45, 2.75) is 31.7 Å². The van der Waals surface area contributed by atoms with Crippen LogP contribution in [-0.4, -0.2) is 36.2 Å². The van der Waals surface area contributed by atoms with E-state index in [1.807, 2.05) is 0 Å². The first-order chi connectivity index (χ1) is 7.15. The lowest BCUT2D eigenvalue weighted by Crippen LogP contribution is -2.45. The van der Waals surface area contributed by atoms with Gasteiger partial charge in [0.25, 0.3) is 0 Å². The Kier molecular flexibility index (Phi) is 2.65. The van der Waals surface area contributed by atoms with Crippen LogP contribution in [0.15, 0.2) is 0 Å². The smallest absolute Gasteiger partial charge is 0.319 e. The lowest BCUT2D eigenvalue weighted by Gasteiger charge is -2.24. The number of carboxylic acids is 1. The molecule has 2 aliphatic rings. The summed E-state index contributed by atoms with van der Waals surface area (Å²) in [5.74, 6) is -1.31. The summed E-state index contributed by atoms with van der Waals surface area (Å²) in [6, 6.07) is 0.0862. The van der Waals surface area contributed by atoms with Crippen molar-refractivity contribution >= 4 is 11.9 Å². The van der Waals surface area contributed by atoms with Gasteiger partial charge in [-0.1, -0.05) is 0 Å². The Morgan fingerprint density at radius 3 is 2.33 bits per heavy atom. The highest BCUT2D eigenvalue weighted by molar-refractivity contribution is 6.04. The molecule has 5 nitrogen and oxygen atoms in total. The van der Waals surface area contributed by atoms with Gasteiger partial charge in [-0.15, -0.1) is 0 Å². The zero-order valence-corrected chi connectivity index (χ0v) is 8.49. The molecule has 1 aliphatic carbocycles. The van der Waals surface area contributed by atoms with Crippen molar-refractivity contribution in [3.8, 4) is 0 Å². The third kappa shape index (κ3) is 1.97. The van der Waals surface area contributed by atoms with Crippen molar-refractivity contribution in [3.63, 3.8) is 0 Å². The first-order valence-corrected chi connectivity index (χ1v) is 5.27. The standard InChI is InChI=1S/C10H15NO4/c12-8(10(3-4-10)9(13)14)11-7-1-5-15-6-2-7/h7H,1-6H2,(H,11,12)(H,13,14). The van der Waals surface area contributed by atoms with Crippen molar-refractivity contribution in [3.05, 3.63) is 0 Å². The molecule has 0 unspecified atom stereocenters. The van der Waals surface area contributed by atoms with Crippen LogP contribution in [-0.2, 0) is 14.3 Å². The van der Waals surface area contributed by atoms with Crippen molar-refractivity contribution in [1.82, 2.24) is 5.32 Å². The molecule has 15 heavy (non-hydrogen) atoms. The molecular weight excluding hydrogens is 198 g/mol. The van der Waals surface area contributed by atoms with Gasteiger partial charge in [-0.2, -0.15) is 0 Å². The highest BCUT2D eigenvalue weighted by atomic mass is 16.5. The summed E-state index contributed by atoms with van der Waals surface area (Å²) >= 11 is 0. The summed E-state index contributed by atoms with van der Waals surface area (Å²) in [5.41, 5.74) is -1.11. The van der Waals surface area contributed by atoms with Gasteiger partial charge in [-0.25, -0.2) is 0 Å². The van der Waals surface area contributed by atoms with E-state index >= 15 is 0 Å². The molecule has 1 aliphatic heterocycles. The second-order valence-electron chi connectivity index (χ2n) is 4.25. The van der Waals surface area contributed by atoms with Crippen LogP contribution in [0.3, 0.4) is 0 Å². The predicted octanol–water partition coefficient (Wildman–Crippen LogP) is 0.146. The van der Waals surface area contributed by atoms with E-state index < -0.39 is 11.4 Å². The number of hydrogen-bond acceptors (Lipinski definition) is 3. The minimum Gasteiger partial charge on any atom is -0.480 e. The van der Waals surface area contributed by atoms with Crippen molar-refractivity contribution in [2.24, 2.45) is 5.41 Å². The van der Waals surface area contributed by atoms with Crippen LogP contribution in [0.4, 0.5) is 0 Å². The molecule has 0 aromatic rings. The Labute approximate surface area is 87.8 Å². The lowest BCUT2D eigenvalue weighted by atomic mass is 10.0. The normalized spacial score (nSPS) is 24.5. The minimum absolute atomic E-state index is 0.0862. The fourth-order valence-corrected chi connectivity index (χ4v) is 1.83. The first-order valence-electron chi connectivity index (χ1n) is 5.27. The van der Waals surface area contributed by atoms with Crippen molar-refractivity contribution in [1.29, 1.82) is 0 Å². The third-order valence-electron chi connectivity index (χ3n) is 3.15. The lowest BCUT2D eigenvalue weighted by molar-refractivity contribution is -0.149. The fraction of sp³-hybridized carbons (Fsp3) is 0.800. The van der Waals surface area contributed by atoms with Gasteiger partial charge in [0.2, 0.25) is 5.91 Å². The maximum Gasteiger partial charge on any atom is 0.319 e. The second kappa shape index (κ2) is 3.81. The van der Waals surface area contributed by atoms with Gasteiger partial charge in [-0.3, -0.25) is 9.59 Å². The number of amides is 1. The van der Waals surface area contributed by atoms with Crippen LogP contribution in [0, 0.1) is 5.41 Å². The Balaban J connectivity index is 1.89. The fourth-order valence-electron chi connectivity index (χ4n) is 1.83. The van der Waals surface area contributed by atoms with Crippen LogP contribution in [0.1, 0.15) is 25.7 Å². The van der Waals surface area contributed by atoms with E-state index in [1.165, 1.54) is 0 Å². The number of carboxylic acid groups (broad SMARTS) is 1. The van der Waals surface area contributed by atoms with Gasteiger partial charge in [0, 0.05) is 19.3 Å². The zero-order chi connectivity index (χ0) is 10.9. The molecule has 0 bridgehead atoms. The van der Waals surface area contributed by atoms with Crippen molar-refractivity contribution in [2.75, 3.05) is 13.2 Å². The van der Waals surface area contributed by atoms with Gasteiger partial charge in [0.15, 0.2) is 0 Å². The van der Waals surface area contributed by atoms with Crippen LogP contribution in [0.5, 0.6) is 0 Å². The van der Waals surface area contributed by atoms with Crippen molar-refractivity contribution < 1.29 is 19.4 Å². The monoisotopic (exact) mass is 213 g/mol. The minimum atomic E-state index is -1.11. The Morgan fingerprint density at radius 2 is 1.87 bits per heavy atom. The summed E-state index contributed by atoms with van der Waals surface area (Å²) in [4.78, 5) is 22.6. The largest absolute Gasteiger partial charge is 0.480 e. The van der Waals surface area contributed by atoms with Crippen LogP contribution in [0.25, 0.3) is 0 Å². The van der Waals surface area contributed by atoms with E-state index in [0.29, 0.717) is 26.1 Å². The van der Waals surface area contributed by atoms with Crippen LogP contribution >= 0.6 is 0 Å². The third-order valence-corrected chi connectivity index (χ3v) is 3.15. The topological polar surface area (TPSA) is 75.6 Å². The van der Waals surface area contributed by atoms with E-state index in [1.54, 1.807) is 0 Å². The van der Waals surface area contributed by atoms with E-state index in [2.05, 4.69) is 5.32 Å². The number of aliphatic carboxylic acids is 1. The average molecular weight is 213 g/mol. The molecule has 0 radical (unpaired) electrons. The predicted molar refractivity (Wildman–Crippen MR) is 51.3 cm³/mol. The maximum atomic E-state index is 11.7. The van der Waals surface area contributed by atoms with Gasteiger partial charge >= 0.3 is 5.97 Å². The molecule has 2 fully saturated rings. The van der Waals surface area contributed by atoms with E-state index in [4.69, 9.17) is 9.84 Å². The van der Waals surface area contributed by atoms with Gasteiger partial charge in [0.1, 0.15) is 5.41 Å². The summed E-state index contributed by atoms with van der Waals surface area (Å²) in [6.07, 6.45) is 2.50. The Hall–Kier alpha value is -1.10. The molecule has 1 saturated carbocycles. The molecule has 84 valence electrons. The molecule has 2 rings (SSSR count). The van der Waals surface area contributed by atoms with Gasteiger partial charge in [0.05, 0.1) is 0 Å². The quantitative estimate of drug-likeness (QED) is 0.654. The summed E-state index contributed by atoms with van der Waals surface area (Å²) in [6.45, 7) is 1.29. The highest BCUT2D eigenvalue weighted by Crippen LogP contribution is 2.46. The number of rotatable bonds is 3.